The van der Waals surface area contributed by atoms with Crippen molar-refractivity contribution in [1.82, 2.24) is 4.90 Å². The van der Waals surface area contributed by atoms with Crippen LogP contribution in [-0.2, 0) is 4.74 Å². The van der Waals surface area contributed by atoms with Crippen LogP contribution in [-0.4, -0.2) is 44.7 Å². The van der Waals surface area contributed by atoms with Crippen LogP contribution in [0.25, 0.3) is 0 Å². The molecule has 0 saturated heterocycles. The molecule has 1 rings (SSSR count). The molecule has 0 saturated carbocycles. The van der Waals surface area contributed by atoms with Gasteiger partial charge >= 0.3 is 0 Å². The van der Waals surface area contributed by atoms with Crippen molar-refractivity contribution < 1.29 is 14.3 Å². The number of hydrogen-bond acceptors (Lipinski definition) is 4. The molecular weight excluding hydrogens is 324 g/mol. The predicted octanol–water partition coefficient (Wildman–Crippen LogP) is 2.46. The zero-order valence-corrected chi connectivity index (χ0v) is 13.1. The predicted molar refractivity (Wildman–Crippen MR) is 78.7 cm³/mol. The molecule has 0 aromatic heterocycles. The number of carbonyl (C=O) groups is 1. The number of nitrogens with zero attached hydrogens (tertiary/aromatic N) is 2. The normalized spacial score (nSPS) is 9.90. The summed E-state index contributed by atoms with van der Waals surface area (Å²) in [6.45, 7) is 1.25. The summed E-state index contributed by atoms with van der Waals surface area (Å²) >= 11 is 3.37. The third-order valence-corrected chi connectivity index (χ3v) is 3.44. The Kier molecular flexibility index (Phi) is 7.05. The zero-order valence-electron chi connectivity index (χ0n) is 11.6. The Morgan fingerprint density at radius 1 is 1.40 bits per heavy atom. The van der Waals surface area contributed by atoms with E-state index in [1.54, 1.807) is 37.3 Å². The van der Waals surface area contributed by atoms with Crippen LogP contribution in [0, 0.1) is 11.3 Å². The van der Waals surface area contributed by atoms with E-state index in [-0.39, 0.29) is 12.3 Å². The molecule has 0 heterocycles. The first kappa shape index (κ1) is 16.5. The van der Waals surface area contributed by atoms with Gasteiger partial charge in [0.15, 0.2) is 0 Å². The Balaban J connectivity index is 2.95. The molecule has 5 nitrogen and oxygen atoms in total. The summed E-state index contributed by atoms with van der Waals surface area (Å²) in [5, 5.41) is 8.68. The molecule has 0 atom stereocenters. The molecule has 0 aliphatic carbocycles. The van der Waals surface area contributed by atoms with Crippen LogP contribution >= 0.6 is 15.9 Å². The summed E-state index contributed by atoms with van der Waals surface area (Å²) in [6, 6.07) is 7.27. The highest BCUT2D eigenvalue weighted by molar-refractivity contribution is 9.10. The van der Waals surface area contributed by atoms with Crippen LogP contribution in [0.15, 0.2) is 22.7 Å². The Labute approximate surface area is 127 Å². The van der Waals surface area contributed by atoms with Crippen molar-refractivity contribution in [2.45, 2.75) is 6.42 Å². The van der Waals surface area contributed by atoms with E-state index >= 15 is 0 Å². The molecular formula is C14H17BrN2O3. The summed E-state index contributed by atoms with van der Waals surface area (Å²) in [4.78, 5) is 14.1. The fraction of sp³-hybridized carbons (Fsp3) is 0.429. The molecule has 1 aromatic rings. The lowest BCUT2D eigenvalue weighted by Gasteiger charge is -2.22. The monoisotopic (exact) mass is 340 g/mol. The second-order valence-electron chi connectivity index (χ2n) is 4.04. The number of halogens is 1. The molecule has 1 aromatic carbocycles. The molecule has 0 fully saturated rings. The van der Waals surface area contributed by atoms with Gasteiger partial charge in [-0.25, -0.2) is 0 Å². The lowest BCUT2D eigenvalue weighted by Crippen LogP contribution is -2.34. The smallest absolute Gasteiger partial charge is 0.255 e. The highest BCUT2D eigenvalue weighted by atomic mass is 79.9. The highest BCUT2D eigenvalue weighted by Gasteiger charge is 2.18. The van der Waals surface area contributed by atoms with Crippen molar-refractivity contribution >= 4 is 21.8 Å². The van der Waals surface area contributed by atoms with Crippen molar-refractivity contribution in [3.05, 3.63) is 28.2 Å². The van der Waals surface area contributed by atoms with E-state index in [9.17, 15) is 4.79 Å². The van der Waals surface area contributed by atoms with Gasteiger partial charge in [0.2, 0.25) is 0 Å². The largest absolute Gasteiger partial charge is 0.497 e. The molecule has 20 heavy (non-hydrogen) atoms. The molecule has 6 heteroatoms. The Morgan fingerprint density at radius 3 is 2.75 bits per heavy atom. The van der Waals surface area contributed by atoms with Gasteiger partial charge in [0.25, 0.3) is 5.91 Å². The van der Waals surface area contributed by atoms with E-state index in [1.807, 2.05) is 6.07 Å². The number of carbonyl (C=O) groups excluding carboxylic acids is 1. The van der Waals surface area contributed by atoms with Gasteiger partial charge in [0.05, 0.1) is 31.8 Å². The average Bonchev–Trinajstić information content (AvgIpc) is 2.47. The van der Waals surface area contributed by atoms with Crippen LogP contribution in [0.1, 0.15) is 16.8 Å². The SMILES string of the molecule is COCCN(CCC#N)C(=O)c1cc(OC)ccc1Br. The lowest BCUT2D eigenvalue weighted by molar-refractivity contribution is 0.0698. The van der Waals surface area contributed by atoms with Crippen LogP contribution < -0.4 is 4.74 Å². The molecule has 0 radical (unpaired) electrons. The molecule has 0 spiro atoms. The third-order valence-electron chi connectivity index (χ3n) is 2.75. The fourth-order valence-corrected chi connectivity index (χ4v) is 2.08. The van der Waals surface area contributed by atoms with Gasteiger partial charge in [0, 0.05) is 24.7 Å². The first-order valence-corrected chi connectivity index (χ1v) is 6.92. The quantitative estimate of drug-likeness (QED) is 0.764. The van der Waals surface area contributed by atoms with E-state index in [0.717, 1.165) is 0 Å². The number of rotatable bonds is 7. The zero-order chi connectivity index (χ0) is 15.0. The van der Waals surface area contributed by atoms with E-state index in [1.165, 1.54) is 0 Å². The van der Waals surface area contributed by atoms with Crippen molar-refractivity contribution in [2.24, 2.45) is 0 Å². The second kappa shape index (κ2) is 8.56. The summed E-state index contributed by atoms with van der Waals surface area (Å²) in [5.41, 5.74) is 0.512. The van der Waals surface area contributed by atoms with Crippen molar-refractivity contribution in [3.8, 4) is 11.8 Å². The molecule has 0 unspecified atom stereocenters. The fourth-order valence-electron chi connectivity index (χ4n) is 1.67. The maximum absolute atomic E-state index is 12.5. The van der Waals surface area contributed by atoms with Crippen LogP contribution in [0.3, 0.4) is 0 Å². The van der Waals surface area contributed by atoms with Gasteiger partial charge in [-0.3, -0.25) is 4.79 Å². The average molecular weight is 341 g/mol. The molecule has 0 bridgehead atoms. The van der Waals surface area contributed by atoms with Crippen molar-refractivity contribution in [3.63, 3.8) is 0 Å². The number of amides is 1. The first-order valence-electron chi connectivity index (χ1n) is 6.12. The van der Waals surface area contributed by atoms with Gasteiger partial charge in [-0.15, -0.1) is 0 Å². The standard InChI is InChI=1S/C14H17BrN2O3/c1-19-9-8-17(7-3-6-16)14(18)12-10-11(20-2)4-5-13(12)15/h4-5,10H,3,7-9H2,1-2H3. The van der Waals surface area contributed by atoms with Gasteiger partial charge in [-0.1, -0.05) is 0 Å². The van der Waals surface area contributed by atoms with Crippen molar-refractivity contribution in [2.75, 3.05) is 33.9 Å². The van der Waals surface area contributed by atoms with Crippen LogP contribution in [0.2, 0.25) is 0 Å². The number of ether oxygens (including phenoxy) is 2. The van der Waals surface area contributed by atoms with Crippen LogP contribution in [0.5, 0.6) is 5.75 Å². The molecule has 0 aliphatic rings. The molecule has 0 aliphatic heterocycles. The highest BCUT2D eigenvalue weighted by Crippen LogP contribution is 2.23. The first-order chi connectivity index (χ1) is 9.63. The van der Waals surface area contributed by atoms with Gasteiger partial charge < -0.3 is 14.4 Å². The van der Waals surface area contributed by atoms with E-state index in [0.29, 0.717) is 35.5 Å². The minimum absolute atomic E-state index is 0.150. The van der Waals surface area contributed by atoms with Gasteiger partial charge in [-0.2, -0.15) is 5.26 Å². The maximum atomic E-state index is 12.5. The summed E-state index contributed by atoms with van der Waals surface area (Å²) < 4.78 is 10.8. The summed E-state index contributed by atoms with van der Waals surface area (Å²) in [5.74, 6) is 0.464. The Hall–Kier alpha value is -1.58. The molecule has 1 amide bonds. The molecule has 0 N–H and O–H groups in total. The van der Waals surface area contributed by atoms with Gasteiger partial charge in [-0.05, 0) is 34.1 Å². The number of nitriles is 1. The van der Waals surface area contributed by atoms with Crippen LogP contribution in [0.4, 0.5) is 0 Å². The van der Waals surface area contributed by atoms with E-state index < -0.39 is 0 Å². The summed E-state index contributed by atoms with van der Waals surface area (Å²) in [6.07, 6.45) is 0.289. The van der Waals surface area contributed by atoms with Crippen molar-refractivity contribution in [1.29, 1.82) is 5.26 Å². The lowest BCUT2D eigenvalue weighted by atomic mass is 10.2. The van der Waals surface area contributed by atoms with Gasteiger partial charge in [0.1, 0.15) is 5.75 Å². The Bertz CT molecular complexity index is 500. The van der Waals surface area contributed by atoms with E-state index in [2.05, 4.69) is 15.9 Å². The second-order valence-corrected chi connectivity index (χ2v) is 4.89. The topological polar surface area (TPSA) is 62.6 Å². The minimum atomic E-state index is -0.150. The summed E-state index contributed by atoms with van der Waals surface area (Å²) in [7, 11) is 3.13. The Morgan fingerprint density at radius 2 is 2.15 bits per heavy atom. The minimum Gasteiger partial charge on any atom is -0.497 e. The number of benzene rings is 1. The van der Waals surface area contributed by atoms with E-state index in [4.69, 9.17) is 14.7 Å². The number of hydrogen-bond donors (Lipinski definition) is 0. The maximum Gasteiger partial charge on any atom is 0.255 e. The number of methoxy groups -OCH3 is 2. The third kappa shape index (κ3) is 4.51. The molecule has 108 valence electrons.